The van der Waals surface area contributed by atoms with E-state index in [1.165, 1.54) is 0 Å². The summed E-state index contributed by atoms with van der Waals surface area (Å²) >= 11 is 0. The lowest BCUT2D eigenvalue weighted by atomic mass is 9.97. The van der Waals surface area contributed by atoms with Crippen molar-refractivity contribution in [1.82, 2.24) is 10.2 Å². The van der Waals surface area contributed by atoms with Crippen LogP contribution in [0.5, 0.6) is 5.75 Å². The van der Waals surface area contributed by atoms with Crippen molar-refractivity contribution < 1.29 is 14.3 Å². The van der Waals surface area contributed by atoms with E-state index in [-0.39, 0.29) is 11.8 Å². The van der Waals surface area contributed by atoms with E-state index in [1.807, 2.05) is 0 Å². The van der Waals surface area contributed by atoms with Crippen molar-refractivity contribution in [3.05, 3.63) is 29.8 Å². The van der Waals surface area contributed by atoms with Crippen LogP contribution in [0.1, 0.15) is 24.2 Å². The third kappa shape index (κ3) is 2.41. The molecule has 1 aliphatic rings. The summed E-state index contributed by atoms with van der Waals surface area (Å²) in [7, 11) is 1.58. The molecule has 1 aliphatic heterocycles. The van der Waals surface area contributed by atoms with Gasteiger partial charge in [-0.1, -0.05) is 0 Å². The molecule has 1 N–H and O–H groups in total. The van der Waals surface area contributed by atoms with Gasteiger partial charge >= 0.3 is 0 Å². The highest BCUT2D eigenvalue weighted by Crippen LogP contribution is 2.21. The van der Waals surface area contributed by atoms with E-state index in [9.17, 15) is 9.59 Å². The van der Waals surface area contributed by atoms with Crippen LogP contribution in [0.3, 0.4) is 0 Å². The molecule has 19 heavy (non-hydrogen) atoms. The molecular weight excluding hydrogens is 244 g/mol. The molecule has 2 amide bonds. The molecule has 0 saturated carbocycles. The van der Waals surface area contributed by atoms with Crippen LogP contribution in [0, 0.1) is 0 Å². The van der Waals surface area contributed by atoms with Gasteiger partial charge in [-0.15, -0.1) is 0 Å². The molecule has 1 saturated heterocycles. The summed E-state index contributed by atoms with van der Waals surface area (Å²) < 4.78 is 5.06. The van der Waals surface area contributed by atoms with Crippen LogP contribution in [-0.4, -0.2) is 42.5 Å². The molecule has 0 atom stereocenters. The third-order valence-electron chi connectivity index (χ3n) is 3.43. The van der Waals surface area contributed by atoms with Gasteiger partial charge in [-0.2, -0.15) is 0 Å². The second kappa shape index (κ2) is 4.91. The predicted octanol–water partition coefficient (Wildman–Crippen LogP) is 1.05. The van der Waals surface area contributed by atoms with E-state index < -0.39 is 5.54 Å². The van der Waals surface area contributed by atoms with Gasteiger partial charge in [0.15, 0.2) is 0 Å². The summed E-state index contributed by atoms with van der Waals surface area (Å²) in [6.45, 7) is 4.51. The van der Waals surface area contributed by atoms with E-state index in [1.54, 1.807) is 50.1 Å². The molecule has 5 nitrogen and oxygen atoms in total. The number of carbonyl (C=O) groups excluding carboxylic acids is 2. The first-order valence-electron chi connectivity index (χ1n) is 6.21. The summed E-state index contributed by atoms with van der Waals surface area (Å²) in [5, 5.41) is 2.77. The van der Waals surface area contributed by atoms with Crippen LogP contribution in [0.15, 0.2) is 24.3 Å². The fourth-order valence-corrected chi connectivity index (χ4v) is 2.14. The molecule has 1 heterocycles. The first kappa shape index (κ1) is 13.4. The van der Waals surface area contributed by atoms with Crippen molar-refractivity contribution >= 4 is 11.8 Å². The number of hydrogen-bond acceptors (Lipinski definition) is 3. The number of nitrogens with one attached hydrogen (secondary N) is 1. The molecule has 0 unspecified atom stereocenters. The quantitative estimate of drug-likeness (QED) is 0.866. The highest BCUT2D eigenvalue weighted by molar-refractivity contribution is 5.99. The van der Waals surface area contributed by atoms with Gasteiger partial charge < -0.3 is 15.0 Å². The minimum atomic E-state index is -0.824. The summed E-state index contributed by atoms with van der Waals surface area (Å²) in [6, 6.07) is 6.90. The number of piperazine rings is 1. The van der Waals surface area contributed by atoms with Crippen LogP contribution >= 0.6 is 0 Å². The highest BCUT2D eigenvalue weighted by atomic mass is 16.5. The number of methoxy groups -OCH3 is 1. The first-order chi connectivity index (χ1) is 8.96. The first-order valence-corrected chi connectivity index (χ1v) is 6.21. The predicted molar refractivity (Wildman–Crippen MR) is 71.1 cm³/mol. The number of carbonyl (C=O) groups is 2. The minimum absolute atomic E-state index is 0.124. The molecular formula is C14H18N2O3. The van der Waals surface area contributed by atoms with Crippen LogP contribution < -0.4 is 10.1 Å². The van der Waals surface area contributed by atoms with E-state index in [4.69, 9.17) is 4.74 Å². The van der Waals surface area contributed by atoms with Gasteiger partial charge in [0.05, 0.1) is 7.11 Å². The molecule has 102 valence electrons. The van der Waals surface area contributed by atoms with Crippen molar-refractivity contribution in [3.63, 3.8) is 0 Å². The Kier molecular flexibility index (Phi) is 3.46. The Labute approximate surface area is 112 Å². The molecule has 0 spiro atoms. The maximum absolute atomic E-state index is 12.5. The Morgan fingerprint density at radius 1 is 1.32 bits per heavy atom. The number of benzene rings is 1. The molecule has 1 fully saturated rings. The van der Waals surface area contributed by atoms with Crippen molar-refractivity contribution in [2.45, 2.75) is 19.4 Å². The van der Waals surface area contributed by atoms with Crippen LogP contribution in [0.2, 0.25) is 0 Å². The average molecular weight is 262 g/mol. The Balaban J connectivity index is 2.24. The monoisotopic (exact) mass is 262 g/mol. The fourth-order valence-electron chi connectivity index (χ4n) is 2.14. The second-order valence-corrected chi connectivity index (χ2v) is 5.00. The van der Waals surface area contributed by atoms with Gasteiger partial charge in [0, 0.05) is 18.7 Å². The van der Waals surface area contributed by atoms with Crippen molar-refractivity contribution in [1.29, 1.82) is 0 Å². The van der Waals surface area contributed by atoms with Crippen LogP contribution in [0.4, 0.5) is 0 Å². The van der Waals surface area contributed by atoms with Gasteiger partial charge in [0.25, 0.3) is 5.91 Å². The molecule has 0 aliphatic carbocycles. The summed E-state index contributed by atoms with van der Waals surface area (Å²) in [5.41, 5.74) is -0.265. The minimum Gasteiger partial charge on any atom is -0.497 e. The molecule has 5 heteroatoms. The van der Waals surface area contributed by atoms with Gasteiger partial charge in [-0.05, 0) is 38.1 Å². The summed E-state index contributed by atoms with van der Waals surface area (Å²) in [5.74, 6) is 0.440. The SMILES string of the molecule is COc1ccc(C(=O)N2CCNC(=O)C2(C)C)cc1. The fraction of sp³-hybridized carbons (Fsp3) is 0.429. The smallest absolute Gasteiger partial charge is 0.254 e. The molecule has 0 bridgehead atoms. The van der Waals surface area contributed by atoms with Crippen molar-refractivity contribution in [2.24, 2.45) is 0 Å². The van der Waals surface area contributed by atoms with Gasteiger partial charge in [0.2, 0.25) is 5.91 Å². The standard InChI is InChI=1S/C14H18N2O3/c1-14(2)13(18)15-8-9-16(14)12(17)10-4-6-11(19-3)7-5-10/h4-7H,8-9H2,1-3H3,(H,15,18). The maximum atomic E-state index is 12.5. The van der Waals surface area contributed by atoms with E-state index in [0.29, 0.717) is 24.4 Å². The summed E-state index contributed by atoms with van der Waals surface area (Å²) in [6.07, 6.45) is 0. The summed E-state index contributed by atoms with van der Waals surface area (Å²) in [4.78, 5) is 25.9. The number of nitrogens with zero attached hydrogens (tertiary/aromatic N) is 1. The number of ether oxygens (including phenoxy) is 1. The zero-order chi connectivity index (χ0) is 14.0. The van der Waals surface area contributed by atoms with Crippen LogP contribution in [0.25, 0.3) is 0 Å². The molecule has 0 radical (unpaired) electrons. The van der Waals surface area contributed by atoms with Crippen molar-refractivity contribution in [2.75, 3.05) is 20.2 Å². The zero-order valence-electron chi connectivity index (χ0n) is 11.4. The van der Waals surface area contributed by atoms with Gasteiger partial charge in [0.1, 0.15) is 11.3 Å². The van der Waals surface area contributed by atoms with Gasteiger partial charge in [-0.3, -0.25) is 9.59 Å². The molecule has 1 aromatic carbocycles. The Morgan fingerprint density at radius 2 is 1.95 bits per heavy atom. The van der Waals surface area contributed by atoms with Crippen LogP contribution in [-0.2, 0) is 4.79 Å². The Hall–Kier alpha value is -2.04. The molecule has 0 aromatic heterocycles. The second-order valence-electron chi connectivity index (χ2n) is 5.00. The molecule has 2 rings (SSSR count). The average Bonchev–Trinajstić information content (AvgIpc) is 2.41. The number of hydrogen-bond donors (Lipinski definition) is 1. The normalized spacial score (nSPS) is 17.8. The maximum Gasteiger partial charge on any atom is 0.254 e. The lowest BCUT2D eigenvalue weighted by Gasteiger charge is -2.41. The zero-order valence-corrected chi connectivity index (χ0v) is 11.4. The third-order valence-corrected chi connectivity index (χ3v) is 3.43. The van der Waals surface area contributed by atoms with E-state index in [2.05, 4.69) is 5.32 Å². The lowest BCUT2D eigenvalue weighted by molar-refractivity contribution is -0.133. The van der Waals surface area contributed by atoms with E-state index in [0.717, 1.165) is 0 Å². The molecule has 1 aromatic rings. The highest BCUT2D eigenvalue weighted by Gasteiger charge is 2.40. The Morgan fingerprint density at radius 3 is 2.53 bits per heavy atom. The number of amides is 2. The van der Waals surface area contributed by atoms with E-state index >= 15 is 0 Å². The lowest BCUT2D eigenvalue weighted by Crippen LogP contribution is -2.63. The Bertz CT molecular complexity index is 494. The topological polar surface area (TPSA) is 58.6 Å². The number of rotatable bonds is 2. The van der Waals surface area contributed by atoms with Crippen molar-refractivity contribution in [3.8, 4) is 5.75 Å². The van der Waals surface area contributed by atoms with Gasteiger partial charge in [-0.25, -0.2) is 0 Å². The largest absolute Gasteiger partial charge is 0.497 e.